The number of aliphatic hydroxyl groups is 1. The summed E-state index contributed by atoms with van der Waals surface area (Å²) in [5, 5.41) is 9.71. The molecule has 0 spiro atoms. The van der Waals surface area contributed by atoms with Crippen molar-refractivity contribution in [1.29, 1.82) is 0 Å². The zero-order valence-corrected chi connectivity index (χ0v) is 8.75. The molecule has 0 fully saturated rings. The van der Waals surface area contributed by atoms with Gasteiger partial charge in [-0.1, -0.05) is 44.2 Å². The third-order valence-corrected chi connectivity index (χ3v) is 2.79. The predicted octanol–water partition coefficient (Wildman–Crippen LogP) is 2.56. The topological polar surface area (TPSA) is 20.2 Å². The highest BCUT2D eigenvalue weighted by Crippen LogP contribution is 2.27. The Morgan fingerprint density at radius 1 is 1.31 bits per heavy atom. The van der Waals surface area contributed by atoms with Crippen molar-refractivity contribution >= 4 is 11.6 Å². The van der Waals surface area contributed by atoms with Gasteiger partial charge in [0.2, 0.25) is 0 Å². The normalized spacial score (nSPS) is 14.2. The number of alkyl halides is 1. The summed E-state index contributed by atoms with van der Waals surface area (Å²) >= 11 is 5.64. The number of benzene rings is 1. The van der Waals surface area contributed by atoms with Crippen LogP contribution in [0.3, 0.4) is 0 Å². The van der Waals surface area contributed by atoms with Gasteiger partial charge in [0.25, 0.3) is 0 Å². The molecule has 0 amide bonds. The first-order valence-corrected chi connectivity index (χ1v) is 4.92. The van der Waals surface area contributed by atoms with E-state index in [0.29, 0.717) is 0 Å². The van der Waals surface area contributed by atoms with Crippen LogP contribution in [-0.2, 0) is 5.41 Å². The molecule has 1 nitrogen and oxygen atoms in total. The molecule has 0 aliphatic carbocycles. The molecule has 0 aliphatic heterocycles. The lowest BCUT2D eigenvalue weighted by Gasteiger charge is -2.29. The summed E-state index contributed by atoms with van der Waals surface area (Å²) in [7, 11) is 0. The van der Waals surface area contributed by atoms with Crippen LogP contribution in [0.4, 0.5) is 0 Å². The molecule has 0 heterocycles. The summed E-state index contributed by atoms with van der Waals surface area (Å²) in [6.45, 7) is 3.99. The molecule has 1 aromatic carbocycles. The summed E-state index contributed by atoms with van der Waals surface area (Å²) in [6, 6.07) is 9.92. The van der Waals surface area contributed by atoms with Crippen LogP contribution in [0.5, 0.6) is 0 Å². The standard InChI is InChI=1S/C11H15ClO/c1-11(2,10(13)8-12)9-6-4-3-5-7-9/h3-7,10,13H,8H2,1-2H3. The summed E-state index contributed by atoms with van der Waals surface area (Å²) < 4.78 is 0. The van der Waals surface area contributed by atoms with Crippen molar-refractivity contribution in [1.82, 2.24) is 0 Å². The molecule has 1 unspecified atom stereocenters. The number of halogens is 1. The van der Waals surface area contributed by atoms with Crippen molar-refractivity contribution in [3.63, 3.8) is 0 Å². The fourth-order valence-corrected chi connectivity index (χ4v) is 1.64. The number of hydrogen-bond acceptors (Lipinski definition) is 1. The van der Waals surface area contributed by atoms with E-state index < -0.39 is 6.10 Å². The Hall–Kier alpha value is -0.530. The Morgan fingerprint density at radius 3 is 2.31 bits per heavy atom. The Kier molecular flexibility index (Phi) is 3.34. The fraction of sp³-hybridized carbons (Fsp3) is 0.455. The van der Waals surface area contributed by atoms with Crippen LogP contribution >= 0.6 is 11.6 Å². The second-order valence-electron chi connectivity index (χ2n) is 3.76. The van der Waals surface area contributed by atoms with Crippen molar-refractivity contribution in [2.24, 2.45) is 0 Å². The Morgan fingerprint density at radius 2 is 1.85 bits per heavy atom. The lowest BCUT2D eigenvalue weighted by Crippen LogP contribution is -2.34. The molecule has 72 valence electrons. The molecule has 0 saturated carbocycles. The van der Waals surface area contributed by atoms with Gasteiger partial charge in [-0.15, -0.1) is 11.6 Å². The van der Waals surface area contributed by atoms with Gasteiger partial charge < -0.3 is 5.11 Å². The average Bonchev–Trinajstić information content (AvgIpc) is 2.18. The van der Waals surface area contributed by atoms with E-state index in [4.69, 9.17) is 11.6 Å². The third kappa shape index (κ3) is 2.23. The number of hydrogen-bond donors (Lipinski definition) is 1. The van der Waals surface area contributed by atoms with Gasteiger partial charge in [0, 0.05) is 11.3 Å². The smallest absolute Gasteiger partial charge is 0.0766 e. The Labute approximate surface area is 84.4 Å². The van der Waals surface area contributed by atoms with Crippen LogP contribution in [0.2, 0.25) is 0 Å². The van der Waals surface area contributed by atoms with Gasteiger partial charge in [-0.25, -0.2) is 0 Å². The fourth-order valence-electron chi connectivity index (χ4n) is 1.25. The van der Waals surface area contributed by atoms with Gasteiger partial charge in [0.15, 0.2) is 0 Å². The van der Waals surface area contributed by atoms with Crippen LogP contribution in [-0.4, -0.2) is 17.1 Å². The molecule has 1 rings (SSSR count). The van der Waals surface area contributed by atoms with Crippen LogP contribution < -0.4 is 0 Å². The highest BCUT2D eigenvalue weighted by atomic mass is 35.5. The summed E-state index contributed by atoms with van der Waals surface area (Å²) in [6.07, 6.45) is -0.503. The van der Waals surface area contributed by atoms with E-state index in [-0.39, 0.29) is 11.3 Å². The van der Waals surface area contributed by atoms with E-state index >= 15 is 0 Å². The van der Waals surface area contributed by atoms with Crippen molar-refractivity contribution in [3.8, 4) is 0 Å². The lowest BCUT2D eigenvalue weighted by atomic mass is 9.80. The minimum atomic E-state index is -0.503. The molecule has 1 aromatic rings. The van der Waals surface area contributed by atoms with Crippen molar-refractivity contribution < 1.29 is 5.11 Å². The SMILES string of the molecule is CC(C)(c1ccccc1)C(O)CCl. The number of rotatable bonds is 3. The third-order valence-electron chi connectivity index (χ3n) is 2.50. The van der Waals surface area contributed by atoms with E-state index in [2.05, 4.69) is 0 Å². The zero-order chi connectivity index (χ0) is 9.90. The lowest BCUT2D eigenvalue weighted by molar-refractivity contribution is 0.121. The van der Waals surface area contributed by atoms with Crippen molar-refractivity contribution in [2.45, 2.75) is 25.4 Å². The van der Waals surface area contributed by atoms with Gasteiger partial charge in [0.05, 0.1) is 6.10 Å². The summed E-state index contributed by atoms with van der Waals surface area (Å²) in [5.41, 5.74) is 0.839. The molecule has 0 aromatic heterocycles. The molecule has 1 N–H and O–H groups in total. The molecule has 2 heteroatoms. The van der Waals surface area contributed by atoms with E-state index in [0.717, 1.165) is 5.56 Å². The second kappa shape index (κ2) is 4.12. The van der Waals surface area contributed by atoms with Gasteiger partial charge in [-0.3, -0.25) is 0 Å². The zero-order valence-electron chi connectivity index (χ0n) is 8.00. The van der Waals surface area contributed by atoms with Gasteiger partial charge in [0.1, 0.15) is 0 Å². The van der Waals surface area contributed by atoms with Gasteiger partial charge >= 0.3 is 0 Å². The van der Waals surface area contributed by atoms with Gasteiger partial charge in [-0.2, -0.15) is 0 Å². The van der Waals surface area contributed by atoms with E-state index in [1.54, 1.807) is 0 Å². The van der Waals surface area contributed by atoms with Crippen LogP contribution in [0.15, 0.2) is 30.3 Å². The maximum atomic E-state index is 9.71. The van der Waals surface area contributed by atoms with Crippen LogP contribution in [0.1, 0.15) is 19.4 Å². The second-order valence-corrected chi connectivity index (χ2v) is 4.07. The highest BCUT2D eigenvalue weighted by molar-refractivity contribution is 6.18. The highest BCUT2D eigenvalue weighted by Gasteiger charge is 2.28. The quantitative estimate of drug-likeness (QED) is 0.741. The average molecular weight is 199 g/mol. The van der Waals surface area contributed by atoms with E-state index in [1.807, 2.05) is 44.2 Å². The van der Waals surface area contributed by atoms with Crippen molar-refractivity contribution in [3.05, 3.63) is 35.9 Å². The van der Waals surface area contributed by atoms with E-state index in [1.165, 1.54) is 0 Å². The molecule has 13 heavy (non-hydrogen) atoms. The van der Waals surface area contributed by atoms with Crippen LogP contribution in [0, 0.1) is 0 Å². The largest absolute Gasteiger partial charge is 0.391 e. The summed E-state index contributed by atoms with van der Waals surface area (Å²) in [5.74, 6) is 0.266. The molecule has 1 atom stereocenters. The number of aliphatic hydroxyl groups excluding tert-OH is 1. The molecule has 0 saturated heterocycles. The molecular weight excluding hydrogens is 184 g/mol. The molecule has 0 radical (unpaired) electrons. The predicted molar refractivity (Wildman–Crippen MR) is 56.2 cm³/mol. The summed E-state index contributed by atoms with van der Waals surface area (Å²) in [4.78, 5) is 0. The van der Waals surface area contributed by atoms with E-state index in [9.17, 15) is 5.11 Å². The van der Waals surface area contributed by atoms with Gasteiger partial charge in [-0.05, 0) is 5.56 Å². The first-order chi connectivity index (χ1) is 6.09. The molecular formula is C11H15ClO. The first-order valence-electron chi connectivity index (χ1n) is 4.38. The molecule has 0 aliphatic rings. The Bertz CT molecular complexity index is 256. The van der Waals surface area contributed by atoms with Crippen LogP contribution in [0.25, 0.3) is 0 Å². The minimum absolute atomic E-state index is 0.266. The maximum Gasteiger partial charge on any atom is 0.0766 e. The van der Waals surface area contributed by atoms with Crippen molar-refractivity contribution in [2.75, 3.05) is 5.88 Å². The minimum Gasteiger partial charge on any atom is -0.391 e. The first kappa shape index (κ1) is 10.6. The molecule has 0 bridgehead atoms. The monoisotopic (exact) mass is 198 g/mol. The Balaban J connectivity index is 2.93. The maximum absolute atomic E-state index is 9.71.